The molecule has 4 aliphatic carbocycles. The molecule has 5 rings (SSSR count). The minimum Gasteiger partial charge on any atom is -0.493 e. The van der Waals surface area contributed by atoms with Crippen molar-refractivity contribution < 1.29 is 9.47 Å². The van der Waals surface area contributed by atoms with E-state index >= 15 is 0 Å². The summed E-state index contributed by atoms with van der Waals surface area (Å²) in [7, 11) is 1.71. The third kappa shape index (κ3) is 3.57. The van der Waals surface area contributed by atoms with E-state index < -0.39 is 0 Å². The number of methoxy groups -OCH3 is 1. The van der Waals surface area contributed by atoms with Gasteiger partial charge in [-0.2, -0.15) is 0 Å². The zero-order valence-electron chi connectivity index (χ0n) is 15.6. The summed E-state index contributed by atoms with van der Waals surface area (Å²) < 4.78 is 12.7. The highest BCUT2D eigenvalue weighted by Crippen LogP contribution is 2.53. The molecular weight excluding hydrogens is 378 g/mol. The van der Waals surface area contributed by atoms with Crippen LogP contribution in [0.2, 0.25) is 0 Å². The number of hydrogen-bond acceptors (Lipinski definition) is 3. The maximum absolute atomic E-state index is 6.09. The molecule has 4 heteroatoms. The van der Waals surface area contributed by atoms with Gasteiger partial charge in [0, 0.05) is 22.6 Å². The lowest BCUT2D eigenvalue weighted by molar-refractivity contribution is -0.0143. The summed E-state index contributed by atoms with van der Waals surface area (Å²) in [5.74, 6) is 5.51. The topological polar surface area (TPSA) is 30.5 Å². The maximum atomic E-state index is 6.09. The van der Waals surface area contributed by atoms with Crippen LogP contribution in [-0.4, -0.2) is 19.3 Å². The van der Waals surface area contributed by atoms with E-state index in [0.717, 1.165) is 46.2 Å². The van der Waals surface area contributed by atoms with Crippen LogP contribution >= 0.6 is 15.9 Å². The van der Waals surface area contributed by atoms with E-state index in [4.69, 9.17) is 9.47 Å². The molecule has 4 aliphatic rings. The van der Waals surface area contributed by atoms with Crippen molar-refractivity contribution in [3.05, 3.63) is 22.2 Å². The normalized spacial score (nSPS) is 33.1. The summed E-state index contributed by atoms with van der Waals surface area (Å²) in [6.45, 7) is 4.98. The number of benzene rings is 1. The Kier molecular flexibility index (Phi) is 5.02. The molecule has 138 valence electrons. The molecule has 0 amide bonds. The average molecular weight is 408 g/mol. The van der Waals surface area contributed by atoms with Crippen LogP contribution < -0.4 is 14.8 Å². The second-order valence-electron chi connectivity index (χ2n) is 8.60. The quantitative estimate of drug-likeness (QED) is 0.706. The molecule has 0 spiro atoms. The lowest BCUT2D eigenvalue weighted by atomic mass is 9.54. The minimum atomic E-state index is 0.134. The number of rotatable bonds is 6. The summed E-state index contributed by atoms with van der Waals surface area (Å²) in [4.78, 5) is 0. The lowest BCUT2D eigenvalue weighted by Crippen LogP contribution is -2.54. The van der Waals surface area contributed by atoms with Gasteiger partial charge in [-0.3, -0.25) is 0 Å². The first kappa shape index (κ1) is 17.7. The van der Waals surface area contributed by atoms with Gasteiger partial charge in [-0.05, 0) is 81.8 Å². The van der Waals surface area contributed by atoms with Crippen LogP contribution in [0.4, 0.5) is 0 Å². The first-order valence-electron chi connectivity index (χ1n) is 9.80. The van der Waals surface area contributed by atoms with Crippen LogP contribution in [0, 0.1) is 23.7 Å². The number of nitrogens with one attached hydrogen (secondary N) is 1. The summed E-state index contributed by atoms with van der Waals surface area (Å²) in [6, 6.07) is 4.84. The van der Waals surface area contributed by atoms with Crippen molar-refractivity contribution in [3.8, 4) is 11.5 Å². The highest BCUT2D eigenvalue weighted by molar-refractivity contribution is 9.10. The van der Waals surface area contributed by atoms with Gasteiger partial charge in [0.05, 0.1) is 13.2 Å². The largest absolute Gasteiger partial charge is 0.493 e. The molecule has 0 atom stereocenters. The molecule has 25 heavy (non-hydrogen) atoms. The predicted octanol–water partition coefficient (Wildman–Crippen LogP) is 5.16. The smallest absolute Gasteiger partial charge is 0.166 e. The zero-order chi connectivity index (χ0) is 17.6. The predicted molar refractivity (Wildman–Crippen MR) is 104 cm³/mol. The summed E-state index contributed by atoms with van der Waals surface area (Å²) in [5, 5.41) is 3.92. The van der Waals surface area contributed by atoms with E-state index in [9.17, 15) is 0 Å². The van der Waals surface area contributed by atoms with Crippen molar-refractivity contribution in [2.45, 2.75) is 64.6 Å². The SMILES string of the molecule is COc1cc(Br)cc(CNC2C3CC4CC(C3)CC2C4)c1OC(C)C. The molecule has 0 radical (unpaired) electrons. The fourth-order valence-electron chi connectivity index (χ4n) is 5.76. The van der Waals surface area contributed by atoms with E-state index in [0.29, 0.717) is 6.04 Å². The van der Waals surface area contributed by atoms with Crippen molar-refractivity contribution in [2.75, 3.05) is 7.11 Å². The Labute approximate surface area is 160 Å². The highest BCUT2D eigenvalue weighted by Gasteiger charge is 2.47. The Morgan fingerprint density at radius 1 is 1.08 bits per heavy atom. The van der Waals surface area contributed by atoms with E-state index in [1.54, 1.807) is 7.11 Å². The molecule has 4 saturated carbocycles. The highest BCUT2D eigenvalue weighted by atomic mass is 79.9. The second kappa shape index (κ2) is 7.11. The van der Waals surface area contributed by atoms with Gasteiger partial charge in [0.1, 0.15) is 0 Å². The molecule has 0 unspecified atom stereocenters. The van der Waals surface area contributed by atoms with E-state index in [1.165, 1.54) is 37.7 Å². The van der Waals surface area contributed by atoms with Gasteiger partial charge >= 0.3 is 0 Å². The van der Waals surface area contributed by atoms with Gasteiger partial charge in [0.25, 0.3) is 0 Å². The van der Waals surface area contributed by atoms with E-state index in [-0.39, 0.29) is 6.10 Å². The average Bonchev–Trinajstić information content (AvgIpc) is 2.55. The van der Waals surface area contributed by atoms with Gasteiger partial charge in [0.15, 0.2) is 11.5 Å². The molecule has 0 saturated heterocycles. The van der Waals surface area contributed by atoms with Crippen LogP contribution in [-0.2, 0) is 6.54 Å². The van der Waals surface area contributed by atoms with Crippen LogP contribution in [0.1, 0.15) is 51.5 Å². The molecule has 0 heterocycles. The molecule has 1 aromatic carbocycles. The molecule has 0 aromatic heterocycles. The molecule has 1 aromatic rings. The van der Waals surface area contributed by atoms with Crippen molar-refractivity contribution in [1.82, 2.24) is 5.32 Å². The van der Waals surface area contributed by atoms with Crippen LogP contribution in [0.3, 0.4) is 0 Å². The van der Waals surface area contributed by atoms with Gasteiger partial charge in [-0.15, -0.1) is 0 Å². The van der Waals surface area contributed by atoms with Crippen molar-refractivity contribution >= 4 is 15.9 Å². The standard InChI is InChI=1S/C21H30BrNO2/c1-12(2)25-21-17(9-18(22)10-19(21)24-3)11-23-20-15-5-13-4-14(7-15)8-16(20)6-13/h9-10,12-16,20,23H,4-8,11H2,1-3H3. The fourth-order valence-corrected chi connectivity index (χ4v) is 6.25. The van der Waals surface area contributed by atoms with E-state index in [2.05, 4.69) is 41.2 Å². The molecule has 4 fully saturated rings. The number of ether oxygens (including phenoxy) is 2. The Balaban J connectivity index is 1.51. The summed E-state index contributed by atoms with van der Waals surface area (Å²) in [5.41, 5.74) is 1.19. The van der Waals surface area contributed by atoms with Crippen LogP contribution in [0.15, 0.2) is 16.6 Å². The Hall–Kier alpha value is -0.740. The van der Waals surface area contributed by atoms with Crippen LogP contribution in [0.25, 0.3) is 0 Å². The van der Waals surface area contributed by atoms with Gasteiger partial charge in [-0.25, -0.2) is 0 Å². The van der Waals surface area contributed by atoms with Gasteiger partial charge in [0.2, 0.25) is 0 Å². The molecule has 4 bridgehead atoms. The zero-order valence-corrected chi connectivity index (χ0v) is 17.1. The third-order valence-corrected chi connectivity index (χ3v) is 6.88. The maximum Gasteiger partial charge on any atom is 0.166 e. The number of halogens is 1. The monoisotopic (exact) mass is 407 g/mol. The number of hydrogen-bond donors (Lipinski definition) is 1. The first-order chi connectivity index (χ1) is 12.0. The lowest BCUT2D eigenvalue weighted by Gasteiger charge is -2.54. The van der Waals surface area contributed by atoms with Crippen LogP contribution in [0.5, 0.6) is 11.5 Å². The molecule has 3 nitrogen and oxygen atoms in total. The second-order valence-corrected chi connectivity index (χ2v) is 9.52. The summed E-state index contributed by atoms with van der Waals surface area (Å²) in [6.07, 6.45) is 7.43. The summed E-state index contributed by atoms with van der Waals surface area (Å²) >= 11 is 3.62. The fraction of sp³-hybridized carbons (Fsp3) is 0.714. The minimum absolute atomic E-state index is 0.134. The van der Waals surface area contributed by atoms with Crippen molar-refractivity contribution in [1.29, 1.82) is 0 Å². The molecule has 1 N–H and O–H groups in total. The van der Waals surface area contributed by atoms with Crippen molar-refractivity contribution in [2.24, 2.45) is 23.7 Å². The molecular formula is C21H30BrNO2. The Morgan fingerprint density at radius 2 is 1.72 bits per heavy atom. The van der Waals surface area contributed by atoms with Gasteiger partial charge < -0.3 is 14.8 Å². The Morgan fingerprint density at radius 3 is 2.28 bits per heavy atom. The van der Waals surface area contributed by atoms with E-state index in [1.807, 2.05) is 6.07 Å². The molecule has 0 aliphatic heterocycles. The third-order valence-electron chi connectivity index (χ3n) is 6.42. The van der Waals surface area contributed by atoms with Crippen molar-refractivity contribution in [3.63, 3.8) is 0 Å². The van der Waals surface area contributed by atoms with Gasteiger partial charge in [-0.1, -0.05) is 15.9 Å². The Bertz CT molecular complexity index is 603. The first-order valence-corrected chi connectivity index (χ1v) is 10.6.